The highest BCUT2D eigenvalue weighted by atomic mass is 32.9. The molecule has 174 valence electrons. The van der Waals surface area contributed by atoms with Gasteiger partial charge in [-0.1, -0.05) is 12.2 Å². The number of piperidine rings is 1. The van der Waals surface area contributed by atoms with Crippen molar-refractivity contribution >= 4 is 29.1 Å². The number of hydrogen-bond donors (Lipinski definition) is 3. The van der Waals surface area contributed by atoms with E-state index in [0.717, 1.165) is 24.1 Å². The molecule has 1 spiro atoms. The monoisotopic (exact) mass is 498 g/mol. The second-order valence-electron chi connectivity index (χ2n) is 9.24. The average molecular weight is 499 g/mol. The number of hydrogen-bond acceptors (Lipinski definition) is 9. The summed E-state index contributed by atoms with van der Waals surface area (Å²) in [6.45, 7) is 3.43. The van der Waals surface area contributed by atoms with Crippen LogP contribution in [0.4, 0.5) is 0 Å². The molecule has 3 N–H and O–H groups in total. The van der Waals surface area contributed by atoms with E-state index in [-0.39, 0.29) is 17.7 Å². The molecule has 11 heteroatoms. The maximum Gasteiger partial charge on any atom is 0.310 e. The Morgan fingerprint density at radius 3 is 2.84 bits per heavy atom. The van der Waals surface area contributed by atoms with E-state index in [9.17, 15) is 15.1 Å². The molecule has 2 saturated heterocycles. The van der Waals surface area contributed by atoms with Crippen molar-refractivity contribution in [3.05, 3.63) is 29.3 Å². The quantitative estimate of drug-likeness (QED) is 0.324. The van der Waals surface area contributed by atoms with Gasteiger partial charge in [-0.3, -0.25) is 0 Å². The van der Waals surface area contributed by atoms with Crippen molar-refractivity contribution in [2.24, 2.45) is 5.92 Å². The molecule has 0 amide bonds. The van der Waals surface area contributed by atoms with Gasteiger partial charge in [-0.25, -0.2) is 4.31 Å². The van der Waals surface area contributed by atoms with E-state index < -0.39 is 23.3 Å². The van der Waals surface area contributed by atoms with Crippen LogP contribution in [0.5, 0.6) is 17.2 Å². The lowest BCUT2D eigenvalue weighted by molar-refractivity contribution is -0.0454. The minimum Gasteiger partial charge on any atom is -0.504 e. The van der Waals surface area contributed by atoms with E-state index >= 15 is 0 Å². The van der Waals surface area contributed by atoms with Gasteiger partial charge in [0.15, 0.2) is 11.5 Å². The van der Waals surface area contributed by atoms with E-state index in [4.69, 9.17) is 25.8 Å². The Morgan fingerprint density at radius 2 is 2.06 bits per heavy atom. The smallest absolute Gasteiger partial charge is 0.310 e. The summed E-state index contributed by atoms with van der Waals surface area (Å²) in [5, 5.41) is 21.7. The number of phenols is 1. The number of phenolic OH excluding ortho intramolecular Hbond substituents is 1. The molecule has 2 bridgehead atoms. The van der Waals surface area contributed by atoms with Crippen LogP contribution in [-0.4, -0.2) is 82.5 Å². The Hall–Kier alpha value is -0.840. The number of aliphatic hydroxyl groups excluding tert-OH is 1. The summed E-state index contributed by atoms with van der Waals surface area (Å²) in [6, 6.07) is 1.74. The van der Waals surface area contributed by atoms with Crippen LogP contribution in [-0.2, 0) is 28.4 Å². The molecule has 2 aliphatic carbocycles. The SMILES string of the molecule is CN1CC[C@]23c4c5c(OP(O)(=S)SN6CCOCC6)cc(O)c4O[C@H]2[C@@H](O)C=C[C@H]3[C@H]1C5. The molecule has 3 aliphatic heterocycles. The van der Waals surface area contributed by atoms with Crippen molar-refractivity contribution in [3.63, 3.8) is 0 Å². The molecule has 5 aliphatic rings. The number of aliphatic hydroxyl groups is 1. The van der Waals surface area contributed by atoms with Gasteiger partial charge in [0.25, 0.3) is 0 Å². The average Bonchev–Trinajstić information content (AvgIpc) is 3.10. The summed E-state index contributed by atoms with van der Waals surface area (Å²) < 4.78 is 19.7. The summed E-state index contributed by atoms with van der Waals surface area (Å²) in [5.41, 5.74) is -1.81. The van der Waals surface area contributed by atoms with Gasteiger partial charge in [0.05, 0.1) is 13.2 Å². The summed E-state index contributed by atoms with van der Waals surface area (Å²) in [7, 11) is 2.12. The topological polar surface area (TPSA) is 94.9 Å². The lowest BCUT2D eigenvalue weighted by Gasteiger charge is -2.56. The Morgan fingerprint density at radius 1 is 1.28 bits per heavy atom. The van der Waals surface area contributed by atoms with E-state index in [2.05, 4.69) is 18.0 Å². The van der Waals surface area contributed by atoms with Crippen molar-refractivity contribution in [1.82, 2.24) is 9.21 Å². The van der Waals surface area contributed by atoms with Crippen molar-refractivity contribution in [3.8, 4) is 17.2 Å². The Kier molecular flexibility index (Phi) is 5.14. The first kappa shape index (κ1) is 21.7. The highest BCUT2D eigenvalue weighted by molar-refractivity contribution is 8.66. The predicted molar refractivity (Wildman–Crippen MR) is 125 cm³/mol. The number of rotatable bonds is 4. The standard InChI is InChI=1S/C21H27N2O6PS2/c1-22-5-4-21-13-2-3-15(24)20(21)28-19-16(25)11-17(12(18(19)21)10-14(13)22)29-30(26,31)32-23-6-8-27-9-7-23/h2-3,11,13-15,20,24-25H,4-10H2,1H3,(H,26,31)/t13-,14+,15-,20-,21-,30?/m0/s1. The molecular weight excluding hydrogens is 471 g/mol. The molecule has 3 heterocycles. The summed E-state index contributed by atoms with van der Waals surface area (Å²) >= 11 is 6.68. The minimum absolute atomic E-state index is 0.0303. The highest BCUT2D eigenvalue weighted by Crippen LogP contribution is 2.66. The number of benzene rings is 1. The number of ether oxygens (including phenoxy) is 2. The lowest BCUT2D eigenvalue weighted by atomic mass is 9.53. The molecule has 32 heavy (non-hydrogen) atoms. The molecule has 6 rings (SSSR count). The van der Waals surface area contributed by atoms with Crippen LogP contribution in [0.1, 0.15) is 17.5 Å². The largest absolute Gasteiger partial charge is 0.504 e. The lowest BCUT2D eigenvalue weighted by Crippen LogP contribution is -2.64. The van der Waals surface area contributed by atoms with Crippen molar-refractivity contribution in [1.29, 1.82) is 0 Å². The third-order valence-electron chi connectivity index (χ3n) is 7.64. The van der Waals surface area contributed by atoms with Crippen LogP contribution in [0.3, 0.4) is 0 Å². The zero-order valence-corrected chi connectivity index (χ0v) is 20.2. The van der Waals surface area contributed by atoms with Gasteiger partial charge in [-0.05, 0) is 38.2 Å². The zero-order chi connectivity index (χ0) is 22.3. The number of likely N-dealkylation sites (N-methyl/N-ethyl adjacent to an activating group) is 1. The van der Waals surface area contributed by atoms with Gasteiger partial charge in [0.1, 0.15) is 18.0 Å². The molecule has 0 radical (unpaired) electrons. The molecule has 1 aromatic rings. The van der Waals surface area contributed by atoms with E-state index in [1.54, 1.807) is 0 Å². The van der Waals surface area contributed by atoms with E-state index in [1.807, 2.05) is 10.4 Å². The summed E-state index contributed by atoms with van der Waals surface area (Å²) in [5.74, 6) is 1.02. The number of aromatic hydroxyl groups is 1. The fourth-order valence-electron chi connectivity index (χ4n) is 6.29. The van der Waals surface area contributed by atoms with Crippen LogP contribution in [0.25, 0.3) is 0 Å². The second kappa shape index (κ2) is 7.58. The normalized spacial score (nSPS) is 37.5. The van der Waals surface area contributed by atoms with Gasteiger partial charge >= 0.3 is 5.69 Å². The van der Waals surface area contributed by atoms with E-state index in [0.29, 0.717) is 44.2 Å². The van der Waals surface area contributed by atoms with Crippen molar-refractivity contribution in [2.75, 3.05) is 39.9 Å². The predicted octanol–water partition coefficient (Wildman–Crippen LogP) is 1.77. The van der Waals surface area contributed by atoms with Gasteiger partial charge in [0, 0.05) is 59.2 Å². The molecule has 0 saturated carbocycles. The first-order valence-corrected chi connectivity index (χ1v) is 15.0. The second-order valence-corrected chi connectivity index (χ2v) is 15.2. The van der Waals surface area contributed by atoms with Crippen LogP contribution in [0.15, 0.2) is 18.2 Å². The van der Waals surface area contributed by atoms with Crippen molar-refractivity contribution in [2.45, 2.75) is 36.5 Å². The first-order chi connectivity index (χ1) is 15.3. The van der Waals surface area contributed by atoms with Crippen LogP contribution in [0.2, 0.25) is 0 Å². The minimum atomic E-state index is -3.26. The third-order valence-corrected chi connectivity index (χ3v) is 11.2. The Labute approximate surface area is 196 Å². The zero-order valence-electron chi connectivity index (χ0n) is 17.7. The van der Waals surface area contributed by atoms with Gasteiger partial charge in [0.2, 0.25) is 0 Å². The van der Waals surface area contributed by atoms with E-state index in [1.165, 1.54) is 17.6 Å². The molecule has 1 unspecified atom stereocenters. The van der Waals surface area contributed by atoms with Crippen LogP contribution >= 0.6 is 17.3 Å². The Bertz CT molecular complexity index is 1030. The highest BCUT2D eigenvalue weighted by Gasteiger charge is 2.64. The molecular formula is C21H27N2O6PS2. The summed E-state index contributed by atoms with van der Waals surface area (Å²) in [4.78, 5) is 13.4. The fourth-order valence-corrected chi connectivity index (χ4v) is 10.1. The number of likely N-dealkylation sites (tertiary alicyclic amines) is 1. The maximum absolute atomic E-state index is 11.0. The number of nitrogens with zero attached hydrogens (tertiary/aromatic N) is 2. The molecule has 6 atom stereocenters. The molecule has 1 aromatic carbocycles. The van der Waals surface area contributed by atoms with Crippen LogP contribution < -0.4 is 9.26 Å². The van der Waals surface area contributed by atoms with Gasteiger partial charge in [-0.15, -0.1) is 0 Å². The Balaban J connectivity index is 1.43. The van der Waals surface area contributed by atoms with Gasteiger partial charge < -0.3 is 34.0 Å². The third kappa shape index (κ3) is 3.11. The van der Waals surface area contributed by atoms with Crippen molar-refractivity contribution < 1.29 is 29.1 Å². The van der Waals surface area contributed by atoms with Crippen LogP contribution in [0, 0.1) is 5.92 Å². The first-order valence-electron chi connectivity index (χ1n) is 11.0. The molecule has 2 fully saturated rings. The molecule has 8 nitrogen and oxygen atoms in total. The summed E-state index contributed by atoms with van der Waals surface area (Å²) in [6.07, 6.45) is 4.29. The number of morpholine rings is 1. The fraction of sp³-hybridized carbons (Fsp3) is 0.619. The maximum atomic E-state index is 11.0. The van der Waals surface area contributed by atoms with Gasteiger partial charge in [-0.2, -0.15) is 0 Å². The molecule has 0 aromatic heterocycles.